The lowest BCUT2D eigenvalue weighted by Gasteiger charge is -2.10. The zero-order valence-corrected chi connectivity index (χ0v) is 17.7. The van der Waals surface area contributed by atoms with Gasteiger partial charge in [-0.15, -0.1) is 0 Å². The molecule has 2 aromatic carbocycles. The molecule has 3 aromatic rings. The summed E-state index contributed by atoms with van der Waals surface area (Å²) in [5.74, 6) is -0.402. The van der Waals surface area contributed by atoms with E-state index in [-0.39, 0.29) is 30.3 Å². The van der Waals surface area contributed by atoms with Crippen LogP contribution in [0.1, 0.15) is 30.9 Å². The number of ether oxygens (including phenoxy) is 2. The molecular weight excluding hydrogens is 422 g/mol. The molecule has 1 N–H and O–H groups in total. The molecule has 3 rings (SSSR count). The number of alkyl carbamates (subject to hydrolysis) is 1. The average Bonchev–Trinajstić information content (AvgIpc) is 2.76. The zero-order valence-electron chi connectivity index (χ0n) is 17.0. The number of benzene rings is 2. The molecule has 0 aliphatic heterocycles. The molecule has 162 valence electrons. The number of aryl methyl sites for hydroxylation is 1. The standard InChI is InChI=1S/C23H22ClNO6/c1-2-16-11-22(27)30-19-13-20(18(24)12-17(16)19)31-21(26)9-6-10-25-23(28)29-14-15-7-4-3-5-8-15/h3-5,7-8,11-13H,2,6,9-10,14H2,1H3,(H,25,28). The average molecular weight is 444 g/mol. The summed E-state index contributed by atoms with van der Waals surface area (Å²) in [5, 5.41) is 3.52. The van der Waals surface area contributed by atoms with E-state index in [4.69, 9.17) is 25.5 Å². The van der Waals surface area contributed by atoms with Crippen LogP contribution in [0.5, 0.6) is 5.75 Å². The smallest absolute Gasteiger partial charge is 0.407 e. The Bertz CT molecular complexity index is 1130. The molecule has 0 bridgehead atoms. The lowest BCUT2D eigenvalue weighted by atomic mass is 10.1. The van der Waals surface area contributed by atoms with Crippen LogP contribution in [-0.4, -0.2) is 18.6 Å². The Morgan fingerprint density at radius 1 is 1.13 bits per heavy atom. The van der Waals surface area contributed by atoms with Gasteiger partial charge in [0.05, 0.1) is 5.02 Å². The highest BCUT2D eigenvalue weighted by atomic mass is 35.5. The van der Waals surface area contributed by atoms with Crippen molar-refractivity contribution in [3.63, 3.8) is 0 Å². The molecule has 0 saturated heterocycles. The number of esters is 1. The normalized spacial score (nSPS) is 10.6. The second kappa shape index (κ2) is 10.6. The van der Waals surface area contributed by atoms with Gasteiger partial charge in [0, 0.05) is 30.5 Å². The zero-order chi connectivity index (χ0) is 22.2. The van der Waals surface area contributed by atoms with Crippen molar-refractivity contribution in [2.75, 3.05) is 6.54 Å². The third kappa shape index (κ3) is 6.33. The van der Waals surface area contributed by atoms with E-state index in [1.807, 2.05) is 37.3 Å². The minimum atomic E-state index is -0.559. The Hall–Kier alpha value is -3.32. The van der Waals surface area contributed by atoms with Crippen molar-refractivity contribution in [2.24, 2.45) is 0 Å². The Kier molecular flexibility index (Phi) is 7.67. The Morgan fingerprint density at radius 3 is 2.65 bits per heavy atom. The summed E-state index contributed by atoms with van der Waals surface area (Å²) in [6.45, 7) is 2.34. The SMILES string of the molecule is CCc1cc(=O)oc2cc(OC(=O)CCCNC(=O)OCc3ccccc3)c(Cl)cc12. The van der Waals surface area contributed by atoms with Crippen LogP contribution in [0.25, 0.3) is 11.0 Å². The summed E-state index contributed by atoms with van der Waals surface area (Å²) in [5.41, 5.74) is 1.51. The molecular formula is C23H22ClNO6. The summed E-state index contributed by atoms with van der Waals surface area (Å²) in [7, 11) is 0. The minimum Gasteiger partial charge on any atom is -0.445 e. The Balaban J connectivity index is 1.47. The van der Waals surface area contributed by atoms with Gasteiger partial charge in [0.25, 0.3) is 0 Å². The molecule has 31 heavy (non-hydrogen) atoms. The van der Waals surface area contributed by atoms with Gasteiger partial charge in [-0.25, -0.2) is 9.59 Å². The molecule has 7 nitrogen and oxygen atoms in total. The Labute approximate surface area is 183 Å². The van der Waals surface area contributed by atoms with Crippen LogP contribution >= 0.6 is 11.6 Å². The van der Waals surface area contributed by atoms with Gasteiger partial charge in [-0.3, -0.25) is 4.79 Å². The number of carbonyl (C=O) groups is 2. The van der Waals surface area contributed by atoms with Crippen molar-refractivity contribution < 1.29 is 23.5 Å². The number of fused-ring (bicyclic) bond motifs is 1. The van der Waals surface area contributed by atoms with Gasteiger partial charge >= 0.3 is 17.7 Å². The van der Waals surface area contributed by atoms with Crippen LogP contribution in [0.4, 0.5) is 4.79 Å². The van der Waals surface area contributed by atoms with Crippen molar-refractivity contribution in [3.8, 4) is 5.75 Å². The summed E-state index contributed by atoms with van der Waals surface area (Å²) < 4.78 is 15.6. The third-order valence-corrected chi connectivity index (χ3v) is 4.82. The number of carbonyl (C=O) groups excluding carboxylic acids is 2. The maximum atomic E-state index is 12.1. The van der Waals surface area contributed by atoms with Crippen LogP contribution in [0, 0.1) is 0 Å². The number of amides is 1. The molecule has 1 amide bonds. The fourth-order valence-electron chi connectivity index (χ4n) is 2.97. The first kappa shape index (κ1) is 22.4. The van der Waals surface area contributed by atoms with E-state index < -0.39 is 17.7 Å². The molecule has 0 fully saturated rings. The fourth-order valence-corrected chi connectivity index (χ4v) is 3.17. The lowest BCUT2D eigenvalue weighted by molar-refractivity contribution is -0.134. The minimum absolute atomic E-state index is 0.0618. The van der Waals surface area contributed by atoms with E-state index in [2.05, 4.69) is 5.32 Å². The van der Waals surface area contributed by atoms with E-state index in [0.717, 1.165) is 11.1 Å². The van der Waals surface area contributed by atoms with Crippen molar-refractivity contribution in [2.45, 2.75) is 32.8 Å². The van der Waals surface area contributed by atoms with Gasteiger partial charge in [-0.2, -0.15) is 0 Å². The molecule has 0 aliphatic rings. The van der Waals surface area contributed by atoms with Gasteiger partial charge in [-0.1, -0.05) is 48.9 Å². The van der Waals surface area contributed by atoms with Crippen LogP contribution < -0.4 is 15.7 Å². The van der Waals surface area contributed by atoms with E-state index in [1.165, 1.54) is 12.1 Å². The van der Waals surface area contributed by atoms with Crippen molar-refractivity contribution in [1.29, 1.82) is 0 Å². The first-order valence-electron chi connectivity index (χ1n) is 9.87. The Morgan fingerprint density at radius 2 is 1.90 bits per heavy atom. The molecule has 0 unspecified atom stereocenters. The second-order valence-corrected chi connectivity index (χ2v) is 7.20. The highest BCUT2D eigenvalue weighted by molar-refractivity contribution is 6.33. The van der Waals surface area contributed by atoms with E-state index >= 15 is 0 Å². The van der Waals surface area contributed by atoms with Crippen LogP contribution in [0.2, 0.25) is 5.02 Å². The maximum Gasteiger partial charge on any atom is 0.407 e. The van der Waals surface area contributed by atoms with E-state index in [1.54, 1.807) is 6.07 Å². The number of nitrogens with one attached hydrogen (secondary N) is 1. The first-order valence-corrected chi connectivity index (χ1v) is 10.3. The second-order valence-electron chi connectivity index (χ2n) is 6.79. The summed E-state index contributed by atoms with van der Waals surface area (Å²) in [6, 6.07) is 13.8. The molecule has 0 aliphatic carbocycles. The predicted octanol–water partition coefficient (Wildman–Crippen LogP) is 4.62. The number of hydrogen-bond acceptors (Lipinski definition) is 6. The van der Waals surface area contributed by atoms with Crippen LogP contribution in [-0.2, 0) is 22.6 Å². The monoisotopic (exact) mass is 443 g/mol. The molecule has 0 spiro atoms. The predicted molar refractivity (Wildman–Crippen MR) is 116 cm³/mol. The topological polar surface area (TPSA) is 94.8 Å². The quantitative estimate of drug-likeness (QED) is 0.236. The fraction of sp³-hybridized carbons (Fsp3) is 0.261. The van der Waals surface area contributed by atoms with Crippen molar-refractivity contribution in [1.82, 2.24) is 5.32 Å². The molecule has 0 atom stereocenters. The third-order valence-electron chi connectivity index (χ3n) is 4.53. The van der Waals surface area contributed by atoms with Gasteiger partial charge in [-0.05, 0) is 30.0 Å². The van der Waals surface area contributed by atoms with Gasteiger partial charge in [0.2, 0.25) is 0 Å². The van der Waals surface area contributed by atoms with Crippen molar-refractivity contribution >= 4 is 34.6 Å². The summed E-state index contributed by atoms with van der Waals surface area (Å²) in [4.78, 5) is 35.5. The number of halogens is 1. The van der Waals surface area contributed by atoms with Crippen LogP contribution in [0.3, 0.4) is 0 Å². The molecule has 8 heteroatoms. The first-order chi connectivity index (χ1) is 15.0. The van der Waals surface area contributed by atoms with E-state index in [0.29, 0.717) is 23.8 Å². The van der Waals surface area contributed by atoms with Crippen LogP contribution in [0.15, 0.2) is 57.7 Å². The lowest BCUT2D eigenvalue weighted by Crippen LogP contribution is -2.26. The van der Waals surface area contributed by atoms with Gasteiger partial charge in [0.1, 0.15) is 12.2 Å². The number of rotatable bonds is 8. The summed E-state index contributed by atoms with van der Waals surface area (Å²) >= 11 is 6.23. The largest absolute Gasteiger partial charge is 0.445 e. The molecule has 0 radical (unpaired) electrons. The van der Waals surface area contributed by atoms with Gasteiger partial charge in [0.15, 0.2) is 5.75 Å². The highest BCUT2D eigenvalue weighted by Gasteiger charge is 2.13. The summed E-state index contributed by atoms with van der Waals surface area (Å²) in [6.07, 6.45) is 0.501. The molecule has 1 aromatic heterocycles. The highest BCUT2D eigenvalue weighted by Crippen LogP contribution is 2.31. The molecule has 1 heterocycles. The van der Waals surface area contributed by atoms with Gasteiger partial charge < -0.3 is 19.2 Å². The maximum absolute atomic E-state index is 12.1. The number of hydrogen-bond donors (Lipinski definition) is 1. The van der Waals surface area contributed by atoms with Crippen molar-refractivity contribution in [3.05, 3.63) is 75.1 Å². The van der Waals surface area contributed by atoms with E-state index in [9.17, 15) is 14.4 Å². The molecule has 0 saturated carbocycles.